The van der Waals surface area contributed by atoms with Gasteiger partial charge in [0.2, 0.25) is 0 Å². The fourth-order valence-corrected chi connectivity index (χ4v) is 4.20. The molecule has 0 spiro atoms. The number of hydrogen-bond donors (Lipinski definition) is 3. The van der Waals surface area contributed by atoms with E-state index in [0.717, 1.165) is 37.9 Å². The van der Waals surface area contributed by atoms with E-state index in [2.05, 4.69) is 10.6 Å². The number of carboxylic acid groups (broad SMARTS) is 1. The molecule has 20 heavy (non-hydrogen) atoms. The van der Waals surface area contributed by atoms with Crippen molar-refractivity contribution in [1.29, 1.82) is 0 Å². The maximum atomic E-state index is 12.0. The average Bonchev–Trinajstić information content (AvgIpc) is 2.82. The van der Waals surface area contributed by atoms with Gasteiger partial charge in [0.25, 0.3) is 0 Å². The lowest BCUT2D eigenvalue weighted by Gasteiger charge is -2.29. The number of nitrogens with one attached hydrogen (secondary N) is 2. The first kappa shape index (κ1) is 15.5. The highest BCUT2D eigenvalue weighted by molar-refractivity contribution is 8.00. The molecule has 2 aliphatic rings. The third-order valence-electron chi connectivity index (χ3n) is 4.23. The SMILES string of the molecule is O=C(NCC1CCCS1)NC1(C(=O)O)CCCCCC1. The molecule has 1 unspecified atom stereocenters. The summed E-state index contributed by atoms with van der Waals surface area (Å²) in [5, 5.41) is 15.6. The number of amides is 2. The summed E-state index contributed by atoms with van der Waals surface area (Å²) in [6, 6.07) is -0.332. The predicted molar refractivity (Wildman–Crippen MR) is 80.1 cm³/mol. The zero-order valence-electron chi connectivity index (χ0n) is 11.8. The first-order chi connectivity index (χ1) is 9.62. The van der Waals surface area contributed by atoms with Crippen LogP contribution in [0.25, 0.3) is 0 Å². The Labute approximate surface area is 124 Å². The van der Waals surface area contributed by atoms with E-state index >= 15 is 0 Å². The molecule has 2 amide bonds. The first-order valence-corrected chi connectivity index (χ1v) is 8.58. The van der Waals surface area contributed by atoms with Crippen molar-refractivity contribution in [3.63, 3.8) is 0 Å². The second-order valence-electron chi connectivity index (χ2n) is 5.77. The summed E-state index contributed by atoms with van der Waals surface area (Å²) in [5.41, 5.74) is -1.07. The van der Waals surface area contributed by atoms with Crippen LogP contribution < -0.4 is 10.6 Å². The summed E-state index contributed by atoms with van der Waals surface area (Å²) in [4.78, 5) is 23.6. The molecule has 2 fully saturated rings. The Balaban J connectivity index is 1.86. The van der Waals surface area contributed by atoms with Crippen LogP contribution >= 0.6 is 11.8 Å². The molecule has 1 atom stereocenters. The number of hydrogen-bond acceptors (Lipinski definition) is 3. The van der Waals surface area contributed by atoms with Gasteiger partial charge in [0.15, 0.2) is 0 Å². The highest BCUT2D eigenvalue weighted by Gasteiger charge is 2.40. The van der Waals surface area contributed by atoms with Crippen molar-refractivity contribution in [3.8, 4) is 0 Å². The van der Waals surface area contributed by atoms with E-state index in [1.165, 1.54) is 6.42 Å². The van der Waals surface area contributed by atoms with Gasteiger partial charge >= 0.3 is 12.0 Å². The molecule has 114 valence electrons. The van der Waals surface area contributed by atoms with Crippen LogP contribution in [-0.2, 0) is 4.79 Å². The molecule has 2 rings (SSSR count). The van der Waals surface area contributed by atoms with Crippen molar-refractivity contribution < 1.29 is 14.7 Å². The van der Waals surface area contributed by atoms with Gasteiger partial charge in [0, 0.05) is 11.8 Å². The minimum absolute atomic E-state index is 0.332. The van der Waals surface area contributed by atoms with Crippen LogP contribution in [0.1, 0.15) is 51.4 Å². The number of carbonyl (C=O) groups is 2. The number of aliphatic carboxylic acids is 1. The van der Waals surface area contributed by atoms with Gasteiger partial charge in [-0.2, -0.15) is 11.8 Å². The molecule has 1 saturated carbocycles. The molecule has 1 saturated heterocycles. The lowest BCUT2D eigenvalue weighted by molar-refractivity contribution is -0.145. The predicted octanol–water partition coefficient (Wildman–Crippen LogP) is 2.36. The standard InChI is InChI=1S/C14H24N2O3S/c17-12(18)14(7-3-1-2-4-8-14)16-13(19)15-10-11-6-5-9-20-11/h11H,1-10H2,(H,17,18)(H2,15,16,19). The Morgan fingerprint density at radius 2 is 1.85 bits per heavy atom. The molecular weight excluding hydrogens is 276 g/mol. The molecule has 1 aliphatic carbocycles. The van der Waals surface area contributed by atoms with Crippen LogP contribution in [0, 0.1) is 0 Å². The van der Waals surface area contributed by atoms with E-state index in [4.69, 9.17) is 0 Å². The first-order valence-electron chi connectivity index (χ1n) is 7.53. The fraction of sp³-hybridized carbons (Fsp3) is 0.857. The Bertz CT molecular complexity index is 348. The molecule has 0 radical (unpaired) electrons. The molecule has 0 bridgehead atoms. The number of urea groups is 1. The van der Waals surface area contributed by atoms with Gasteiger partial charge in [-0.3, -0.25) is 0 Å². The molecule has 0 aromatic rings. The maximum Gasteiger partial charge on any atom is 0.329 e. The van der Waals surface area contributed by atoms with Crippen LogP contribution in [0.5, 0.6) is 0 Å². The summed E-state index contributed by atoms with van der Waals surface area (Å²) in [5.74, 6) is 0.261. The van der Waals surface area contributed by atoms with Crippen LogP contribution in [0.15, 0.2) is 0 Å². The van der Waals surface area contributed by atoms with Crippen molar-refractivity contribution in [2.75, 3.05) is 12.3 Å². The third-order valence-corrected chi connectivity index (χ3v) is 5.63. The van der Waals surface area contributed by atoms with Gasteiger partial charge in [-0.05, 0) is 31.4 Å². The van der Waals surface area contributed by atoms with Crippen LogP contribution in [-0.4, -0.2) is 40.2 Å². The summed E-state index contributed by atoms with van der Waals surface area (Å²) in [6.45, 7) is 0.631. The third kappa shape index (κ3) is 4.04. The van der Waals surface area contributed by atoms with E-state index in [-0.39, 0.29) is 6.03 Å². The quantitative estimate of drug-likeness (QED) is 0.696. The molecule has 6 heteroatoms. The highest BCUT2D eigenvalue weighted by atomic mass is 32.2. The Kier molecular flexibility index (Phi) is 5.57. The molecule has 0 aromatic heterocycles. The molecule has 1 aliphatic heterocycles. The van der Waals surface area contributed by atoms with Crippen molar-refractivity contribution in [1.82, 2.24) is 10.6 Å². The second kappa shape index (κ2) is 7.20. The van der Waals surface area contributed by atoms with E-state index in [9.17, 15) is 14.7 Å². The number of carboxylic acids is 1. The van der Waals surface area contributed by atoms with Crippen LogP contribution in [0.4, 0.5) is 4.79 Å². The lowest BCUT2D eigenvalue weighted by Crippen LogP contribution is -2.57. The summed E-state index contributed by atoms with van der Waals surface area (Å²) in [6.07, 6.45) is 7.25. The van der Waals surface area contributed by atoms with E-state index in [0.29, 0.717) is 24.6 Å². The van der Waals surface area contributed by atoms with Gasteiger partial charge in [0.05, 0.1) is 0 Å². The van der Waals surface area contributed by atoms with Gasteiger partial charge in [-0.25, -0.2) is 9.59 Å². The van der Waals surface area contributed by atoms with E-state index < -0.39 is 11.5 Å². The highest BCUT2D eigenvalue weighted by Crippen LogP contribution is 2.28. The summed E-state index contributed by atoms with van der Waals surface area (Å²) in [7, 11) is 0. The Hall–Kier alpha value is -0.910. The largest absolute Gasteiger partial charge is 0.480 e. The minimum Gasteiger partial charge on any atom is -0.480 e. The van der Waals surface area contributed by atoms with E-state index in [1.54, 1.807) is 0 Å². The Morgan fingerprint density at radius 1 is 1.15 bits per heavy atom. The van der Waals surface area contributed by atoms with Crippen molar-refractivity contribution >= 4 is 23.8 Å². The molecule has 1 heterocycles. The minimum atomic E-state index is -1.07. The van der Waals surface area contributed by atoms with Gasteiger partial charge in [0.1, 0.15) is 5.54 Å². The zero-order valence-corrected chi connectivity index (χ0v) is 12.6. The number of carbonyl (C=O) groups excluding carboxylic acids is 1. The molecule has 5 nitrogen and oxygen atoms in total. The van der Waals surface area contributed by atoms with Gasteiger partial charge < -0.3 is 15.7 Å². The monoisotopic (exact) mass is 300 g/mol. The second-order valence-corrected chi connectivity index (χ2v) is 7.18. The molecule has 0 aromatic carbocycles. The Morgan fingerprint density at radius 3 is 2.40 bits per heavy atom. The maximum absolute atomic E-state index is 12.0. The van der Waals surface area contributed by atoms with Gasteiger partial charge in [-0.1, -0.05) is 25.7 Å². The van der Waals surface area contributed by atoms with Crippen molar-refractivity contribution in [2.24, 2.45) is 0 Å². The molecule has 3 N–H and O–H groups in total. The lowest BCUT2D eigenvalue weighted by atomic mass is 9.90. The molecular formula is C14H24N2O3S. The van der Waals surface area contributed by atoms with E-state index in [1.807, 2.05) is 11.8 Å². The normalized spacial score (nSPS) is 25.7. The summed E-state index contributed by atoms with van der Waals surface area (Å²) >= 11 is 1.88. The smallest absolute Gasteiger partial charge is 0.329 e. The van der Waals surface area contributed by atoms with Crippen molar-refractivity contribution in [3.05, 3.63) is 0 Å². The van der Waals surface area contributed by atoms with Crippen LogP contribution in [0.3, 0.4) is 0 Å². The fourth-order valence-electron chi connectivity index (χ4n) is 3.00. The zero-order chi connectivity index (χ0) is 14.4. The van der Waals surface area contributed by atoms with Crippen molar-refractivity contribution in [2.45, 2.75) is 62.2 Å². The van der Waals surface area contributed by atoms with Gasteiger partial charge in [-0.15, -0.1) is 0 Å². The topological polar surface area (TPSA) is 78.4 Å². The van der Waals surface area contributed by atoms with Crippen LogP contribution in [0.2, 0.25) is 0 Å². The number of thioether (sulfide) groups is 1. The average molecular weight is 300 g/mol. The number of rotatable bonds is 4. The summed E-state index contributed by atoms with van der Waals surface area (Å²) < 4.78 is 0.